The van der Waals surface area contributed by atoms with Gasteiger partial charge in [0.05, 0.1) is 13.4 Å². The number of aliphatic hydroxyl groups excluding tert-OH is 1. The lowest BCUT2D eigenvalue weighted by atomic mass is 10.0. The Hall–Kier alpha value is -0.760. The van der Waals surface area contributed by atoms with E-state index in [4.69, 9.17) is 9.84 Å². The molecule has 0 atom stereocenters. The summed E-state index contributed by atoms with van der Waals surface area (Å²) in [6.07, 6.45) is 10.0. The van der Waals surface area contributed by atoms with E-state index in [-0.39, 0.29) is 0 Å². The van der Waals surface area contributed by atoms with Crippen molar-refractivity contribution in [2.24, 2.45) is 0 Å². The van der Waals surface area contributed by atoms with Gasteiger partial charge in [-0.2, -0.15) is 0 Å². The molecule has 0 saturated heterocycles. The van der Waals surface area contributed by atoms with Crippen LogP contribution in [0.1, 0.15) is 38.5 Å². The predicted molar refractivity (Wildman–Crippen MR) is 60.1 cm³/mol. The molecule has 0 rings (SSSR count). The molecule has 0 aliphatic carbocycles. The lowest BCUT2D eigenvalue weighted by Gasteiger charge is -2.05. The summed E-state index contributed by atoms with van der Waals surface area (Å²) >= 11 is 0. The van der Waals surface area contributed by atoms with E-state index in [9.17, 15) is 0 Å². The Morgan fingerprint density at radius 3 is 2.64 bits per heavy atom. The molecule has 82 valence electrons. The number of allylic oxidation sites excluding steroid dienone is 2. The summed E-state index contributed by atoms with van der Waals surface area (Å²) in [5.41, 5.74) is 1.34. The van der Waals surface area contributed by atoms with Crippen LogP contribution in [0.3, 0.4) is 0 Å². The van der Waals surface area contributed by atoms with Gasteiger partial charge in [0.25, 0.3) is 0 Å². The van der Waals surface area contributed by atoms with Crippen LogP contribution in [0.25, 0.3) is 0 Å². The molecule has 0 aliphatic rings. The molecule has 2 nitrogen and oxygen atoms in total. The van der Waals surface area contributed by atoms with Crippen LogP contribution < -0.4 is 0 Å². The van der Waals surface area contributed by atoms with E-state index >= 15 is 0 Å². The molecule has 14 heavy (non-hydrogen) atoms. The Balaban J connectivity index is 3.62. The van der Waals surface area contributed by atoms with Crippen molar-refractivity contribution >= 4 is 0 Å². The van der Waals surface area contributed by atoms with E-state index in [0.717, 1.165) is 38.5 Å². The van der Waals surface area contributed by atoms with Crippen LogP contribution in [0.5, 0.6) is 0 Å². The topological polar surface area (TPSA) is 29.5 Å². The highest BCUT2D eigenvalue weighted by molar-refractivity contribution is 4.99. The molecule has 0 heterocycles. The van der Waals surface area contributed by atoms with Crippen LogP contribution in [0.4, 0.5) is 0 Å². The number of hydrogen-bond donors (Lipinski definition) is 1. The fourth-order valence-corrected chi connectivity index (χ4v) is 1.34. The van der Waals surface area contributed by atoms with Gasteiger partial charge in [-0.15, -0.1) is 6.58 Å². The molecule has 0 aromatic rings. The molecule has 0 aromatic heterocycles. The fourth-order valence-electron chi connectivity index (χ4n) is 1.34. The van der Waals surface area contributed by atoms with Gasteiger partial charge in [-0.05, 0) is 37.7 Å². The lowest BCUT2D eigenvalue weighted by Crippen LogP contribution is -1.88. The maximum absolute atomic E-state index is 8.62. The maximum atomic E-state index is 8.62. The molecular formula is C12H22O2. The highest BCUT2D eigenvalue weighted by atomic mass is 16.5. The van der Waals surface area contributed by atoms with Crippen molar-refractivity contribution < 1.29 is 9.84 Å². The third-order valence-corrected chi connectivity index (χ3v) is 2.11. The van der Waals surface area contributed by atoms with E-state index in [1.54, 1.807) is 7.11 Å². The van der Waals surface area contributed by atoms with Crippen LogP contribution in [0, 0.1) is 0 Å². The highest BCUT2D eigenvalue weighted by Crippen LogP contribution is 2.14. The van der Waals surface area contributed by atoms with Crippen molar-refractivity contribution in [1.29, 1.82) is 0 Å². The standard InChI is InChI=1S/C12H22O2/c1-3-4-8-12(11-14-2)9-6-5-7-10-13/h3,11,13H,1,4-10H2,2H3. The zero-order valence-electron chi connectivity index (χ0n) is 9.17. The van der Waals surface area contributed by atoms with Crippen molar-refractivity contribution in [2.45, 2.75) is 38.5 Å². The SMILES string of the molecule is C=CCCC(=COC)CCCCCO. The summed E-state index contributed by atoms with van der Waals surface area (Å²) in [6.45, 7) is 4.00. The molecule has 0 aliphatic heterocycles. The first-order valence-electron chi connectivity index (χ1n) is 5.27. The van der Waals surface area contributed by atoms with Gasteiger partial charge in [0.2, 0.25) is 0 Å². The number of unbranched alkanes of at least 4 members (excludes halogenated alkanes) is 2. The highest BCUT2D eigenvalue weighted by Gasteiger charge is 1.97. The van der Waals surface area contributed by atoms with Crippen LogP contribution in [-0.2, 0) is 4.74 Å². The molecular weight excluding hydrogens is 176 g/mol. The van der Waals surface area contributed by atoms with Crippen molar-refractivity contribution in [2.75, 3.05) is 13.7 Å². The second-order valence-electron chi connectivity index (χ2n) is 3.37. The smallest absolute Gasteiger partial charge is 0.0816 e. The lowest BCUT2D eigenvalue weighted by molar-refractivity contribution is 0.282. The number of hydrogen-bond acceptors (Lipinski definition) is 2. The van der Waals surface area contributed by atoms with Crippen molar-refractivity contribution in [3.05, 3.63) is 24.5 Å². The van der Waals surface area contributed by atoms with E-state index < -0.39 is 0 Å². The minimum atomic E-state index is 0.302. The van der Waals surface area contributed by atoms with Crippen LogP contribution >= 0.6 is 0 Å². The molecule has 0 radical (unpaired) electrons. The molecule has 0 spiro atoms. The number of rotatable bonds is 9. The molecule has 1 N–H and O–H groups in total. The Bertz CT molecular complexity index is 162. The molecule has 2 heteroatoms. The van der Waals surface area contributed by atoms with Crippen LogP contribution in [-0.4, -0.2) is 18.8 Å². The van der Waals surface area contributed by atoms with E-state index in [0.29, 0.717) is 6.61 Å². The largest absolute Gasteiger partial charge is 0.504 e. The molecule has 0 saturated carbocycles. The third kappa shape index (κ3) is 7.87. The Morgan fingerprint density at radius 2 is 2.07 bits per heavy atom. The third-order valence-electron chi connectivity index (χ3n) is 2.11. The van der Waals surface area contributed by atoms with Crippen LogP contribution in [0.2, 0.25) is 0 Å². The average molecular weight is 198 g/mol. The summed E-state index contributed by atoms with van der Waals surface area (Å²) in [6, 6.07) is 0. The first-order chi connectivity index (χ1) is 6.85. The second-order valence-corrected chi connectivity index (χ2v) is 3.37. The predicted octanol–water partition coefficient (Wildman–Crippen LogP) is 3.04. The number of ether oxygens (including phenoxy) is 1. The summed E-state index contributed by atoms with van der Waals surface area (Å²) < 4.78 is 5.01. The quantitative estimate of drug-likeness (QED) is 0.350. The molecule has 0 fully saturated rings. The molecule has 0 amide bonds. The second kappa shape index (κ2) is 10.3. The molecule has 0 aromatic carbocycles. The summed E-state index contributed by atoms with van der Waals surface area (Å²) in [7, 11) is 1.68. The molecule has 0 unspecified atom stereocenters. The first-order valence-corrected chi connectivity index (χ1v) is 5.27. The van der Waals surface area contributed by atoms with Crippen LogP contribution in [0.15, 0.2) is 24.5 Å². The van der Waals surface area contributed by atoms with E-state index in [1.807, 2.05) is 12.3 Å². The van der Waals surface area contributed by atoms with Gasteiger partial charge in [0.1, 0.15) is 0 Å². The minimum Gasteiger partial charge on any atom is -0.504 e. The van der Waals surface area contributed by atoms with Gasteiger partial charge >= 0.3 is 0 Å². The van der Waals surface area contributed by atoms with Crippen molar-refractivity contribution in [3.8, 4) is 0 Å². The first kappa shape index (κ1) is 13.2. The monoisotopic (exact) mass is 198 g/mol. The minimum absolute atomic E-state index is 0.302. The van der Waals surface area contributed by atoms with E-state index in [2.05, 4.69) is 6.58 Å². The van der Waals surface area contributed by atoms with Gasteiger partial charge < -0.3 is 9.84 Å². The van der Waals surface area contributed by atoms with Gasteiger partial charge in [-0.1, -0.05) is 12.5 Å². The summed E-state index contributed by atoms with van der Waals surface area (Å²) in [5, 5.41) is 8.62. The zero-order chi connectivity index (χ0) is 10.6. The van der Waals surface area contributed by atoms with E-state index in [1.165, 1.54) is 5.57 Å². The van der Waals surface area contributed by atoms with Gasteiger partial charge in [0.15, 0.2) is 0 Å². The zero-order valence-corrected chi connectivity index (χ0v) is 9.17. The fraction of sp³-hybridized carbons (Fsp3) is 0.667. The molecule has 0 bridgehead atoms. The van der Waals surface area contributed by atoms with Crippen molar-refractivity contribution in [3.63, 3.8) is 0 Å². The van der Waals surface area contributed by atoms with Gasteiger partial charge in [0, 0.05) is 6.61 Å². The normalized spacial score (nSPS) is 11.4. The number of aliphatic hydroxyl groups is 1. The average Bonchev–Trinajstić information content (AvgIpc) is 2.20. The van der Waals surface area contributed by atoms with Crippen molar-refractivity contribution in [1.82, 2.24) is 0 Å². The number of methoxy groups -OCH3 is 1. The Labute approximate surface area is 87.3 Å². The Morgan fingerprint density at radius 1 is 1.29 bits per heavy atom. The van der Waals surface area contributed by atoms with Gasteiger partial charge in [-0.3, -0.25) is 0 Å². The van der Waals surface area contributed by atoms with Gasteiger partial charge in [-0.25, -0.2) is 0 Å². The summed E-state index contributed by atoms with van der Waals surface area (Å²) in [5.74, 6) is 0. The maximum Gasteiger partial charge on any atom is 0.0816 e. The summed E-state index contributed by atoms with van der Waals surface area (Å²) in [4.78, 5) is 0. The Kier molecular flexibility index (Phi) is 9.76.